The van der Waals surface area contributed by atoms with Crippen LogP contribution in [0.4, 0.5) is 11.8 Å². The Bertz CT molecular complexity index is 694. The number of anilines is 2. The molecular weight excluding hydrogens is 298 g/mol. The highest BCUT2D eigenvalue weighted by Crippen LogP contribution is 2.38. The number of hydrogen-bond donors (Lipinski definition) is 3. The van der Waals surface area contributed by atoms with E-state index >= 15 is 0 Å². The summed E-state index contributed by atoms with van der Waals surface area (Å²) in [5.74, 6) is 2.33. The van der Waals surface area contributed by atoms with Crippen molar-refractivity contribution in [2.75, 3.05) is 30.7 Å². The van der Waals surface area contributed by atoms with Gasteiger partial charge in [-0.25, -0.2) is 4.98 Å². The largest absolute Gasteiger partial charge is 0.369 e. The molecule has 2 heterocycles. The summed E-state index contributed by atoms with van der Waals surface area (Å²) in [6.07, 6.45) is 4.55. The van der Waals surface area contributed by atoms with E-state index in [1.54, 1.807) is 0 Å². The van der Waals surface area contributed by atoms with E-state index in [0.717, 1.165) is 44.0 Å². The van der Waals surface area contributed by atoms with Crippen LogP contribution in [0, 0.1) is 5.92 Å². The first-order chi connectivity index (χ1) is 11.8. The van der Waals surface area contributed by atoms with E-state index in [2.05, 4.69) is 50.9 Å². The first-order valence-corrected chi connectivity index (χ1v) is 8.97. The number of benzene rings is 1. The molecule has 1 aromatic heterocycles. The molecule has 1 aliphatic heterocycles. The Balaban J connectivity index is 1.63. The Kier molecular flexibility index (Phi) is 4.34. The highest BCUT2D eigenvalue weighted by atomic mass is 15.1. The van der Waals surface area contributed by atoms with Gasteiger partial charge in [-0.1, -0.05) is 30.3 Å². The Morgan fingerprint density at radius 3 is 2.83 bits per heavy atom. The fourth-order valence-electron chi connectivity index (χ4n) is 3.96. The SMILES string of the molecule is Nc1nc(NC[C@@H]2CCNC2)c2c(n1)C(c1ccccc1)CCC2. The summed E-state index contributed by atoms with van der Waals surface area (Å²) in [6, 6.07) is 10.6. The van der Waals surface area contributed by atoms with Gasteiger partial charge >= 0.3 is 0 Å². The zero-order valence-corrected chi connectivity index (χ0v) is 14.0. The van der Waals surface area contributed by atoms with Gasteiger partial charge in [-0.3, -0.25) is 0 Å². The highest BCUT2D eigenvalue weighted by molar-refractivity contribution is 5.53. The number of nitrogens with zero attached hydrogens (tertiary/aromatic N) is 2. The summed E-state index contributed by atoms with van der Waals surface area (Å²) in [4.78, 5) is 9.14. The summed E-state index contributed by atoms with van der Waals surface area (Å²) in [6.45, 7) is 3.15. The third kappa shape index (κ3) is 3.08. The standard InChI is InChI=1S/C19H25N5/c20-19-23-17-15(14-5-2-1-3-6-14)7-4-8-16(17)18(24-19)22-12-13-9-10-21-11-13/h1-3,5-6,13,15,21H,4,7-12H2,(H3,20,22,23,24)/t13-,15?/m1/s1. The minimum Gasteiger partial charge on any atom is -0.369 e. The van der Waals surface area contributed by atoms with Gasteiger partial charge in [0.25, 0.3) is 0 Å². The van der Waals surface area contributed by atoms with Gasteiger partial charge in [-0.2, -0.15) is 4.98 Å². The van der Waals surface area contributed by atoms with Crippen molar-refractivity contribution in [3.63, 3.8) is 0 Å². The van der Waals surface area contributed by atoms with E-state index in [1.807, 2.05) is 0 Å². The van der Waals surface area contributed by atoms with Crippen LogP contribution >= 0.6 is 0 Å². The number of fused-ring (bicyclic) bond motifs is 1. The van der Waals surface area contributed by atoms with Gasteiger partial charge in [-0.05, 0) is 50.3 Å². The van der Waals surface area contributed by atoms with Crippen molar-refractivity contribution >= 4 is 11.8 Å². The molecule has 0 bridgehead atoms. The molecule has 1 aliphatic carbocycles. The molecule has 1 aromatic carbocycles. The van der Waals surface area contributed by atoms with Crippen molar-refractivity contribution in [2.45, 2.75) is 31.6 Å². The maximum atomic E-state index is 6.03. The van der Waals surface area contributed by atoms with E-state index in [4.69, 9.17) is 5.73 Å². The summed E-state index contributed by atoms with van der Waals surface area (Å²) < 4.78 is 0. The predicted molar refractivity (Wildman–Crippen MR) is 97.1 cm³/mol. The molecule has 1 unspecified atom stereocenters. The van der Waals surface area contributed by atoms with Crippen LogP contribution in [-0.2, 0) is 6.42 Å². The van der Waals surface area contributed by atoms with Crippen LogP contribution in [0.5, 0.6) is 0 Å². The lowest BCUT2D eigenvalue weighted by molar-refractivity contribution is 0.591. The van der Waals surface area contributed by atoms with Crippen molar-refractivity contribution < 1.29 is 0 Å². The van der Waals surface area contributed by atoms with E-state index < -0.39 is 0 Å². The van der Waals surface area contributed by atoms with Gasteiger partial charge in [0, 0.05) is 18.0 Å². The Morgan fingerprint density at radius 1 is 1.17 bits per heavy atom. The zero-order valence-electron chi connectivity index (χ0n) is 14.0. The second-order valence-electron chi connectivity index (χ2n) is 6.89. The molecule has 0 saturated carbocycles. The minimum atomic E-state index is 0.328. The monoisotopic (exact) mass is 323 g/mol. The molecule has 0 amide bonds. The highest BCUT2D eigenvalue weighted by Gasteiger charge is 2.27. The van der Waals surface area contributed by atoms with Gasteiger partial charge in [0.2, 0.25) is 5.95 Å². The first kappa shape index (κ1) is 15.4. The number of aromatic nitrogens is 2. The number of hydrogen-bond acceptors (Lipinski definition) is 5. The Labute approximate surface area is 143 Å². The van der Waals surface area contributed by atoms with Gasteiger partial charge in [0.15, 0.2) is 0 Å². The maximum Gasteiger partial charge on any atom is 0.222 e. The van der Waals surface area contributed by atoms with E-state index in [1.165, 1.54) is 24.0 Å². The molecule has 0 spiro atoms. The topological polar surface area (TPSA) is 75.9 Å². The third-order valence-electron chi connectivity index (χ3n) is 5.23. The van der Waals surface area contributed by atoms with Gasteiger partial charge in [0.05, 0.1) is 5.69 Å². The van der Waals surface area contributed by atoms with Crippen molar-refractivity contribution in [2.24, 2.45) is 5.92 Å². The molecule has 1 fully saturated rings. The molecule has 4 rings (SSSR count). The fourth-order valence-corrected chi connectivity index (χ4v) is 3.96. The van der Waals surface area contributed by atoms with Crippen molar-refractivity contribution in [3.8, 4) is 0 Å². The number of rotatable bonds is 4. The lowest BCUT2D eigenvalue weighted by Gasteiger charge is -2.27. The zero-order chi connectivity index (χ0) is 16.4. The fraction of sp³-hybridized carbons (Fsp3) is 0.474. The number of nitrogens with one attached hydrogen (secondary N) is 2. The van der Waals surface area contributed by atoms with Crippen molar-refractivity contribution in [1.82, 2.24) is 15.3 Å². The van der Waals surface area contributed by atoms with Crippen LogP contribution in [0.1, 0.15) is 42.0 Å². The summed E-state index contributed by atoms with van der Waals surface area (Å²) in [5.41, 5.74) is 9.73. The molecule has 5 nitrogen and oxygen atoms in total. The van der Waals surface area contributed by atoms with Gasteiger partial charge in [-0.15, -0.1) is 0 Å². The van der Waals surface area contributed by atoms with E-state index in [9.17, 15) is 0 Å². The molecule has 0 radical (unpaired) electrons. The van der Waals surface area contributed by atoms with E-state index in [-0.39, 0.29) is 0 Å². The molecule has 5 heteroatoms. The molecule has 1 saturated heterocycles. The van der Waals surface area contributed by atoms with Crippen LogP contribution in [0.15, 0.2) is 30.3 Å². The predicted octanol–water partition coefficient (Wildman–Crippen LogP) is 2.55. The molecule has 24 heavy (non-hydrogen) atoms. The second-order valence-corrected chi connectivity index (χ2v) is 6.89. The lowest BCUT2D eigenvalue weighted by atomic mass is 9.82. The average Bonchev–Trinajstić information content (AvgIpc) is 3.13. The van der Waals surface area contributed by atoms with Crippen LogP contribution < -0.4 is 16.4 Å². The molecule has 2 aromatic rings. The molecular formula is C19H25N5. The number of nitrogen functional groups attached to an aromatic ring is 1. The van der Waals surface area contributed by atoms with Crippen LogP contribution in [0.25, 0.3) is 0 Å². The molecule has 4 N–H and O–H groups in total. The minimum absolute atomic E-state index is 0.328. The average molecular weight is 323 g/mol. The first-order valence-electron chi connectivity index (χ1n) is 8.97. The second kappa shape index (κ2) is 6.77. The molecule has 126 valence electrons. The van der Waals surface area contributed by atoms with E-state index in [0.29, 0.717) is 17.8 Å². The Morgan fingerprint density at radius 2 is 2.04 bits per heavy atom. The van der Waals surface area contributed by atoms with Gasteiger partial charge in [0.1, 0.15) is 5.82 Å². The van der Waals surface area contributed by atoms with Crippen molar-refractivity contribution in [3.05, 3.63) is 47.2 Å². The van der Waals surface area contributed by atoms with Crippen molar-refractivity contribution in [1.29, 1.82) is 0 Å². The lowest BCUT2D eigenvalue weighted by Crippen LogP contribution is -2.22. The molecule has 2 atom stereocenters. The Hall–Kier alpha value is -2.14. The van der Waals surface area contributed by atoms with Gasteiger partial charge < -0.3 is 16.4 Å². The van der Waals surface area contributed by atoms with Crippen LogP contribution in [0.3, 0.4) is 0 Å². The smallest absolute Gasteiger partial charge is 0.222 e. The normalized spacial score (nSPS) is 23.0. The summed E-state index contributed by atoms with van der Waals surface area (Å²) >= 11 is 0. The third-order valence-corrected chi connectivity index (χ3v) is 5.23. The summed E-state index contributed by atoms with van der Waals surface area (Å²) in [7, 11) is 0. The maximum absolute atomic E-state index is 6.03. The summed E-state index contributed by atoms with van der Waals surface area (Å²) in [5, 5.41) is 6.97. The van der Waals surface area contributed by atoms with Crippen LogP contribution in [-0.4, -0.2) is 29.6 Å². The molecule has 2 aliphatic rings. The number of nitrogens with two attached hydrogens (primary N) is 1. The van der Waals surface area contributed by atoms with Crippen LogP contribution in [0.2, 0.25) is 0 Å². The quantitative estimate of drug-likeness (QED) is 0.806.